The van der Waals surface area contributed by atoms with Gasteiger partial charge < -0.3 is 4.74 Å². The second kappa shape index (κ2) is 8.67. The maximum absolute atomic E-state index is 12.2. The Bertz CT molecular complexity index is 835. The van der Waals surface area contributed by atoms with Crippen molar-refractivity contribution in [2.45, 2.75) is 6.61 Å². The lowest BCUT2D eigenvalue weighted by atomic mass is 10.0. The van der Waals surface area contributed by atoms with Gasteiger partial charge in [0.1, 0.15) is 11.5 Å². The van der Waals surface area contributed by atoms with Crippen LogP contribution in [-0.2, 0) is 0 Å². The Morgan fingerprint density at radius 2 is 1.31 bits per heavy atom. The highest BCUT2D eigenvalue weighted by atomic mass is 19.3. The van der Waals surface area contributed by atoms with Crippen molar-refractivity contribution in [3.8, 4) is 5.75 Å². The van der Waals surface area contributed by atoms with Gasteiger partial charge in [-0.15, -0.1) is 5.10 Å². The maximum Gasteiger partial charge on any atom is 0.387 e. The number of nitrogens with zero attached hydrogens (tertiary/aromatic N) is 2. The van der Waals surface area contributed by atoms with Crippen LogP contribution < -0.4 is 4.74 Å². The van der Waals surface area contributed by atoms with Gasteiger partial charge in [-0.25, -0.2) is 0 Å². The van der Waals surface area contributed by atoms with Gasteiger partial charge in [-0.3, -0.25) is 0 Å². The van der Waals surface area contributed by atoms with Crippen molar-refractivity contribution in [1.82, 2.24) is 0 Å². The zero-order valence-electron chi connectivity index (χ0n) is 13.8. The maximum atomic E-state index is 12.2. The smallest absolute Gasteiger partial charge is 0.387 e. The average Bonchev–Trinajstić information content (AvgIpc) is 2.67. The molecule has 3 aromatic carbocycles. The normalized spacial score (nSPS) is 10.9. The topological polar surface area (TPSA) is 34.0 Å². The van der Waals surface area contributed by atoms with Gasteiger partial charge in [-0.2, -0.15) is 13.9 Å². The third-order valence-corrected chi connectivity index (χ3v) is 3.56. The lowest BCUT2D eigenvalue weighted by Gasteiger charge is -2.05. The molecule has 3 rings (SSSR count). The molecule has 26 heavy (non-hydrogen) atoms. The fourth-order valence-electron chi connectivity index (χ4n) is 2.36. The van der Waals surface area contributed by atoms with Crippen LogP contribution in [-0.4, -0.2) is 18.5 Å². The minimum atomic E-state index is -2.83. The first kappa shape index (κ1) is 17.5. The molecule has 0 amide bonds. The second-order valence-corrected chi connectivity index (χ2v) is 5.37. The van der Waals surface area contributed by atoms with Crippen LogP contribution in [0, 0.1) is 0 Å². The summed E-state index contributed by atoms with van der Waals surface area (Å²) in [6, 6.07) is 25.8. The summed E-state index contributed by atoms with van der Waals surface area (Å²) in [5, 5.41) is 8.52. The van der Waals surface area contributed by atoms with Crippen LogP contribution in [0.3, 0.4) is 0 Å². The Labute approximate surface area is 150 Å². The fourth-order valence-corrected chi connectivity index (χ4v) is 2.36. The molecular formula is C21H16F2N2O. The second-order valence-electron chi connectivity index (χ2n) is 5.37. The first-order valence-corrected chi connectivity index (χ1v) is 7.99. The average molecular weight is 350 g/mol. The highest BCUT2D eigenvalue weighted by molar-refractivity contribution is 6.12. The quantitative estimate of drug-likeness (QED) is 0.447. The largest absolute Gasteiger partial charge is 0.435 e. The zero-order chi connectivity index (χ0) is 18.2. The lowest BCUT2D eigenvalue weighted by Crippen LogP contribution is -2.02. The van der Waals surface area contributed by atoms with E-state index in [1.807, 2.05) is 60.7 Å². The van der Waals surface area contributed by atoms with Gasteiger partial charge in [0.25, 0.3) is 0 Å². The monoisotopic (exact) mass is 350 g/mol. The molecule has 5 heteroatoms. The van der Waals surface area contributed by atoms with Gasteiger partial charge in [0.2, 0.25) is 0 Å². The van der Waals surface area contributed by atoms with Crippen LogP contribution in [0.1, 0.15) is 16.7 Å². The van der Waals surface area contributed by atoms with Gasteiger partial charge in [0, 0.05) is 11.1 Å². The van der Waals surface area contributed by atoms with Gasteiger partial charge in [-0.05, 0) is 29.8 Å². The molecule has 0 unspecified atom stereocenters. The number of halogens is 2. The molecular weight excluding hydrogens is 334 g/mol. The third kappa shape index (κ3) is 4.83. The van der Waals surface area contributed by atoms with E-state index in [2.05, 4.69) is 14.9 Å². The molecule has 0 spiro atoms. The van der Waals surface area contributed by atoms with Crippen molar-refractivity contribution in [3.63, 3.8) is 0 Å². The molecule has 3 aromatic rings. The predicted octanol–water partition coefficient (Wildman–Crippen LogP) is 5.16. The summed E-state index contributed by atoms with van der Waals surface area (Å²) in [6.45, 7) is -2.83. The Balaban J connectivity index is 1.83. The van der Waals surface area contributed by atoms with E-state index in [9.17, 15) is 8.78 Å². The molecule has 0 aliphatic heterocycles. The summed E-state index contributed by atoms with van der Waals surface area (Å²) in [6.07, 6.45) is 1.57. The number of alkyl halides is 2. The molecule has 130 valence electrons. The number of hydrogen-bond donors (Lipinski definition) is 0. The van der Waals surface area contributed by atoms with E-state index in [0.717, 1.165) is 22.4 Å². The minimum absolute atomic E-state index is 0.106. The van der Waals surface area contributed by atoms with Crippen molar-refractivity contribution < 1.29 is 13.5 Å². The van der Waals surface area contributed by atoms with E-state index < -0.39 is 6.61 Å². The summed E-state index contributed by atoms with van der Waals surface area (Å²) in [7, 11) is 0. The highest BCUT2D eigenvalue weighted by Gasteiger charge is 2.06. The van der Waals surface area contributed by atoms with E-state index >= 15 is 0 Å². The Hall–Kier alpha value is -3.34. The Morgan fingerprint density at radius 1 is 0.769 bits per heavy atom. The van der Waals surface area contributed by atoms with E-state index in [4.69, 9.17) is 0 Å². The van der Waals surface area contributed by atoms with Crippen molar-refractivity contribution in [1.29, 1.82) is 0 Å². The molecule has 0 saturated heterocycles. The molecule has 0 atom stereocenters. The van der Waals surface area contributed by atoms with Gasteiger partial charge >= 0.3 is 6.61 Å². The summed E-state index contributed by atoms with van der Waals surface area (Å²) < 4.78 is 28.7. The first-order chi connectivity index (χ1) is 12.7. The highest BCUT2D eigenvalue weighted by Crippen LogP contribution is 2.14. The fraction of sp³-hybridized carbons (Fsp3) is 0.0476. The molecule has 0 N–H and O–H groups in total. The van der Waals surface area contributed by atoms with Crippen molar-refractivity contribution in [3.05, 3.63) is 102 Å². The molecule has 0 fully saturated rings. The van der Waals surface area contributed by atoms with Crippen LogP contribution in [0.2, 0.25) is 0 Å². The lowest BCUT2D eigenvalue weighted by molar-refractivity contribution is -0.0498. The van der Waals surface area contributed by atoms with E-state index in [1.54, 1.807) is 18.3 Å². The van der Waals surface area contributed by atoms with E-state index in [0.29, 0.717) is 0 Å². The van der Waals surface area contributed by atoms with Crippen LogP contribution in [0.15, 0.2) is 95.1 Å². The molecule has 0 bridgehead atoms. The number of ether oxygens (including phenoxy) is 1. The molecule has 0 radical (unpaired) electrons. The van der Waals surface area contributed by atoms with Gasteiger partial charge in [0.05, 0.1) is 6.21 Å². The van der Waals surface area contributed by atoms with E-state index in [-0.39, 0.29) is 5.75 Å². The summed E-state index contributed by atoms with van der Waals surface area (Å²) in [5.41, 5.74) is 3.39. The Kier molecular flexibility index (Phi) is 5.83. The summed E-state index contributed by atoms with van der Waals surface area (Å²) >= 11 is 0. The molecule has 0 aliphatic rings. The third-order valence-electron chi connectivity index (χ3n) is 3.56. The van der Waals surface area contributed by atoms with Crippen molar-refractivity contribution >= 4 is 11.9 Å². The number of hydrogen-bond acceptors (Lipinski definition) is 3. The predicted molar refractivity (Wildman–Crippen MR) is 99.2 cm³/mol. The van der Waals surface area contributed by atoms with Crippen LogP contribution >= 0.6 is 0 Å². The summed E-state index contributed by atoms with van der Waals surface area (Å²) in [4.78, 5) is 0. The van der Waals surface area contributed by atoms with Gasteiger partial charge in [-0.1, -0.05) is 60.7 Å². The first-order valence-electron chi connectivity index (χ1n) is 7.99. The molecule has 0 saturated carbocycles. The SMILES string of the molecule is FC(F)Oc1ccc(C=NN=C(c2ccccc2)c2ccccc2)cc1. The van der Waals surface area contributed by atoms with E-state index in [1.165, 1.54) is 12.1 Å². The van der Waals surface area contributed by atoms with Gasteiger partial charge in [0.15, 0.2) is 0 Å². The molecule has 0 heterocycles. The standard InChI is InChI=1S/C21H16F2N2O/c22-21(23)26-19-13-11-16(12-14-19)15-24-25-20(17-7-3-1-4-8-17)18-9-5-2-6-10-18/h1-15,21H. The molecule has 0 aromatic heterocycles. The van der Waals surface area contributed by atoms with Crippen molar-refractivity contribution in [2.75, 3.05) is 0 Å². The summed E-state index contributed by atoms with van der Waals surface area (Å²) in [5.74, 6) is 0.106. The van der Waals surface area contributed by atoms with Crippen LogP contribution in [0.4, 0.5) is 8.78 Å². The van der Waals surface area contributed by atoms with Crippen LogP contribution in [0.25, 0.3) is 0 Å². The molecule has 3 nitrogen and oxygen atoms in total. The minimum Gasteiger partial charge on any atom is -0.435 e. The van der Waals surface area contributed by atoms with Crippen molar-refractivity contribution in [2.24, 2.45) is 10.2 Å². The molecule has 0 aliphatic carbocycles. The Morgan fingerprint density at radius 3 is 1.81 bits per heavy atom. The number of rotatable bonds is 6. The number of benzene rings is 3. The van der Waals surface area contributed by atoms with Crippen LogP contribution in [0.5, 0.6) is 5.75 Å². The zero-order valence-corrected chi connectivity index (χ0v) is 13.8.